The van der Waals surface area contributed by atoms with Gasteiger partial charge in [-0.25, -0.2) is 0 Å². The van der Waals surface area contributed by atoms with Gasteiger partial charge >= 0.3 is 0 Å². The fraction of sp³-hybridized carbons (Fsp3) is 0.462. The van der Waals surface area contributed by atoms with Crippen LogP contribution >= 0.6 is 15.9 Å². The van der Waals surface area contributed by atoms with Crippen molar-refractivity contribution in [3.63, 3.8) is 0 Å². The molecule has 3 nitrogen and oxygen atoms in total. The molecule has 1 amide bonds. The summed E-state index contributed by atoms with van der Waals surface area (Å²) >= 11 is 3.36. The molecule has 17 heavy (non-hydrogen) atoms. The van der Waals surface area contributed by atoms with Crippen LogP contribution < -0.4 is 0 Å². The first kappa shape index (κ1) is 14.2. The van der Waals surface area contributed by atoms with Crippen molar-refractivity contribution in [1.29, 1.82) is 0 Å². The third-order valence-electron chi connectivity index (χ3n) is 2.55. The van der Waals surface area contributed by atoms with Crippen LogP contribution in [0.2, 0.25) is 0 Å². The summed E-state index contributed by atoms with van der Waals surface area (Å²) in [6.07, 6.45) is 0.380. The molecule has 1 N–H and O–H groups in total. The Morgan fingerprint density at radius 1 is 1.35 bits per heavy atom. The number of halogens is 1. The Hall–Kier alpha value is -0.870. The van der Waals surface area contributed by atoms with Crippen LogP contribution in [0.3, 0.4) is 0 Å². The highest BCUT2D eigenvalue weighted by Gasteiger charge is 2.16. The fourth-order valence-corrected chi connectivity index (χ4v) is 1.92. The smallest absolute Gasteiger partial charge is 0.227 e. The van der Waals surface area contributed by atoms with E-state index >= 15 is 0 Å². The minimum atomic E-state index is 0.00422. The predicted molar refractivity (Wildman–Crippen MR) is 71.8 cm³/mol. The molecule has 0 aliphatic carbocycles. The summed E-state index contributed by atoms with van der Waals surface area (Å²) in [5.74, 6) is 0.0522. The second-order valence-electron chi connectivity index (χ2n) is 4.21. The van der Waals surface area contributed by atoms with Gasteiger partial charge in [-0.3, -0.25) is 4.79 Å². The SMILES string of the molecule is CC(C)N(CCO)C(=O)Cc1ccc(Br)cc1. The second kappa shape index (κ2) is 6.77. The summed E-state index contributed by atoms with van der Waals surface area (Å²) in [7, 11) is 0. The van der Waals surface area contributed by atoms with Gasteiger partial charge in [-0.15, -0.1) is 0 Å². The number of aliphatic hydroxyl groups is 1. The first-order chi connectivity index (χ1) is 8.04. The summed E-state index contributed by atoms with van der Waals surface area (Å²) in [6, 6.07) is 7.83. The minimum Gasteiger partial charge on any atom is -0.395 e. The van der Waals surface area contributed by atoms with Gasteiger partial charge in [0.1, 0.15) is 0 Å². The number of carbonyl (C=O) groups excluding carboxylic acids is 1. The largest absolute Gasteiger partial charge is 0.395 e. The molecule has 0 spiro atoms. The van der Waals surface area contributed by atoms with Crippen LogP contribution in [0.5, 0.6) is 0 Å². The molecule has 0 saturated heterocycles. The minimum absolute atomic E-state index is 0.00422. The molecule has 0 fully saturated rings. The monoisotopic (exact) mass is 299 g/mol. The molecular formula is C13H18BrNO2. The average Bonchev–Trinajstić information content (AvgIpc) is 2.28. The molecule has 0 aliphatic heterocycles. The summed E-state index contributed by atoms with van der Waals surface area (Å²) in [5, 5.41) is 8.94. The van der Waals surface area contributed by atoms with Gasteiger partial charge in [-0.05, 0) is 31.5 Å². The highest BCUT2D eigenvalue weighted by molar-refractivity contribution is 9.10. The van der Waals surface area contributed by atoms with Crippen molar-refractivity contribution in [2.24, 2.45) is 0 Å². The number of hydrogen-bond acceptors (Lipinski definition) is 2. The summed E-state index contributed by atoms with van der Waals surface area (Å²) in [6.45, 7) is 4.31. The maximum absolute atomic E-state index is 12.0. The Kier molecular flexibility index (Phi) is 5.65. The lowest BCUT2D eigenvalue weighted by molar-refractivity contribution is -0.132. The van der Waals surface area contributed by atoms with Crippen molar-refractivity contribution >= 4 is 21.8 Å². The van der Waals surface area contributed by atoms with Crippen molar-refractivity contribution < 1.29 is 9.90 Å². The molecular weight excluding hydrogens is 282 g/mol. The third-order valence-corrected chi connectivity index (χ3v) is 3.08. The van der Waals surface area contributed by atoms with Gasteiger partial charge in [0.05, 0.1) is 13.0 Å². The maximum atomic E-state index is 12.0. The zero-order valence-electron chi connectivity index (χ0n) is 10.2. The van der Waals surface area contributed by atoms with E-state index in [9.17, 15) is 4.79 Å². The topological polar surface area (TPSA) is 40.5 Å². The molecule has 1 rings (SSSR count). The normalized spacial score (nSPS) is 10.6. The predicted octanol–water partition coefficient (Wildman–Crippen LogP) is 2.22. The molecule has 4 heteroatoms. The fourth-order valence-electron chi connectivity index (χ4n) is 1.66. The Morgan fingerprint density at radius 2 is 1.94 bits per heavy atom. The van der Waals surface area contributed by atoms with Gasteiger partial charge in [0.15, 0.2) is 0 Å². The van der Waals surface area contributed by atoms with Gasteiger partial charge in [-0.2, -0.15) is 0 Å². The van der Waals surface area contributed by atoms with Gasteiger partial charge in [0.25, 0.3) is 0 Å². The molecule has 0 unspecified atom stereocenters. The number of carbonyl (C=O) groups is 1. The van der Waals surface area contributed by atoms with E-state index in [1.807, 2.05) is 38.1 Å². The average molecular weight is 300 g/mol. The van der Waals surface area contributed by atoms with Crippen LogP contribution in [0.15, 0.2) is 28.7 Å². The zero-order chi connectivity index (χ0) is 12.8. The van der Waals surface area contributed by atoms with Crippen molar-refractivity contribution in [2.45, 2.75) is 26.3 Å². The van der Waals surface area contributed by atoms with E-state index in [2.05, 4.69) is 15.9 Å². The molecule has 0 saturated carbocycles. The lowest BCUT2D eigenvalue weighted by Crippen LogP contribution is -2.39. The molecule has 0 aliphatic rings. The standard InChI is InChI=1S/C13H18BrNO2/c1-10(2)15(7-8-16)13(17)9-11-3-5-12(14)6-4-11/h3-6,10,16H,7-9H2,1-2H3. The van der Waals surface area contributed by atoms with Gasteiger partial charge < -0.3 is 10.0 Å². The van der Waals surface area contributed by atoms with E-state index in [-0.39, 0.29) is 18.6 Å². The molecule has 0 bridgehead atoms. The Bertz CT molecular complexity index is 362. The van der Waals surface area contributed by atoms with Crippen molar-refractivity contribution in [3.05, 3.63) is 34.3 Å². The number of amides is 1. The van der Waals surface area contributed by atoms with Crippen LogP contribution in [0.25, 0.3) is 0 Å². The van der Waals surface area contributed by atoms with E-state index in [0.717, 1.165) is 10.0 Å². The number of nitrogens with zero attached hydrogens (tertiary/aromatic N) is 1. The first-order valence-corrected chi connectivity index (χ1v) is 6.48. The highest BCUT2D eigenvalue weighted by atomic mass is 79.9. The number of hydrogen-bond donors (Lipinski definition) is 1. The summed E-state index contributed by atoms with van der Waals surface area (Å²) < 4.78 is 1.00. The lowest BCUT2D eigenvalue weighted by Gasteiger charge is -2.26. The van der Waals surface area contributed by atoms with E-state index in [1.54, 1.807) is 4.90 Å². The van der Waals surface area contributed by atoms with E-state index < -0.39 is 0 Å². The quantitative estimate of drug-likeness (QED) is 0.906. The van der Waals surface area contributed by atoms with Crippen LogP contribution in [-0.4, -0.2) is 35.1 Å². The zero-order valence-corrected chi connectivity index (χ0v) is 11.8. The van der Waals surface area contributed by atoms with Crippen molar-refractivity contribution in [3.8, 4) is 0 Å². The molecule has 0 aromatic heterocycles. The molecule has 0 atom stereocenters. The van der Waals surface area contributed by atoms with E-state index in [0.29, 0.717) is 13.0 Å². The summed E-state index contributed by atoms with van der Waals surface area (Å²) in [5.41, 5.74) is 0.988. The number of aliphatic hydroxyl groups excluding tert-OH is 1. The van der Waals surface area contributed by atoms with Gasteiger partial charge in [-0.1, -0.05) is 28.1 Å². The highest BCUT2D eigenvalue weighted by Crippen LogP contribution is 2.12. The molecule has 1 aromatic rings. The molecule has 0 heterocycles. The van der Waals surface area contributed by atoms with Crippen molar-refractivity contribution in [2.75, 3.05) is 13.2 Å². The number of rotatable bonds is 5. The molecule has 94 valence electrons. The molecule has 1 aromatic carbocycles. The second-order valence-corrected chi connectivity index (χ2v) is 5.12. The lowest BCUT2D eigenvalue weighted by atomic mass is 10.1. The van der Waals surface area contributed by atoms with Gasteiger partial charge in [0, 0.05) is 17.1 Å². The number of benzene rings is 1. The maximum Gasteiger partial charge on any atom is 0.227 e. The summed E-state index contributed by atoms with van der Waals surface area (Å²) in [4.78, 5) is 13.7. The third kappa shape index (κ3) is 4.48. The van der Waals surface area contributed by atoms with Gasteiger partial charge in [0.2, 0.25) is 5.91 Å². The Balaban J connectivity index is 2.66. The molecule has 0 radical (unpaired) electrons. The van der Waals surface area contributed by atoms with Crippen LogP contribution in [-0.2, 0) is 11.2 Å². The van der Waals surface area contributed by atoms with Crippen LogP contribution in [0.4, 0.5) is 0 Å². The van der Waals surface area contributed by atoms with Crippen LogP contribution in [0, 0.1) is 0 Å². The first-order valence-electron chi connectivity index (χ1n) is 5.69. The van der Waals surface area contributed by atoms with Crippen molar-refractivity contribution in [1.82, 2.24) is 4.90 Å². The Morgan fingerprint density at radius 3 is 2.41 bits per heavy atom. The van der Waals surface area contributed by atoms with E-state index in [4.69, 9.17) is 5.11 Å². The van der Waals surface area contributed by atoms with E-state index in [1.165, 1.54) is 0 Å². The Labute approximate surface area is 111 Å². The van der Waals surface area contributed by atoms with Crippen LogP contribution in [0.1, 0.15) is 19.4 Å².